The van der Waals surface area contributed by atoms with Gasteiger partial charge in [0.05, 0.1) is 0 Å². The van der Waals surface area contributed by atoms with Gasteiger partial charge in [0.25, 0.3) is 5.91 Å². The highest BCUT2D eigenvalue weighted by Crippen LogP contribution is 2.10. The molecule has 0 atom stereocenters. The number of hydrogen-bond acceptors (Lipinski definition) is 1. The largest absolute Gasteiger partial charge is 0.334 e. The Hall–Kier alpha value is -2.35. The molecule has 0 fully saturated rings. The van der Waals surface area contributed by atoms with E-state index in [1.807, 2.05) is 71.6 Å². The second-order valence-electron chi connectivity index (χ2n) is 4.66. The molecule has 2 aromatic carbocycles. The van der Waals surface area contributed by atoms with Gasteiger partial charge in [-0.2, -0.15) is 0 Å². The Morgan fingerprint density at radius 1 is 1.00 bits per heavy atom. The van der Waals surface area contributed by atoms with Crippen LogP contribution >= 0.6 is 0 Å². The zero-order chi connectivity index (χ0) is 14.2. The van der Waals surface area contributed by atoms with Crippen molar-refractivity contribution in [1.29, 1.82) is 0 Å². The lowest BCUT2D eigenvalue weighted by molar-refractivity contribution is 0.0746. The van der Waals surface area contributed by atoms with Crippen LogP contribution in [0.3, 0.4) is 0 Å². The van der Waals surface area contributed by atoms with Crippen molar-refractivity contribution < 1.29 is 4.79 Å². The summed E-state index contributed by atoms with van der Waals surface area (Å²) in [5, 5.41) is 0. The minimum absolute atomic E-state index is 0.0660. The average Bonchev–Trinajstić information content (AvgIpc) is 2.52. The van der Waals surface area contributed by atoms with Gasteiger partial charge in [-0.1, -0.05) is 54.6 Å². The number of carbonyl (C=O) groups is 1. The summed E-state index contributed by atoms with van der Waals surface area (Å²) in [5.41, 5.74) is 1.87. The molecule has 0 aliphatic carbocycles. The quantitative estimate of drug-likeness (QED) is 0.725. The molecule has 0 radical (unpaired) electrons. The molecule has 0 N–H and O–H groups in total. The van der Waals surface area contributed by atoms with Gasteiger partial charge in [0, 0.05) is 18.7 Å². The topological polar surface area (TPSA) is 20.3 Å². The Morgan fingerprint density at radius 2 is 1.60 bits per heavy atom. The fourth-order valence-electron chi connectivity index (χ4n) is 2.07. The molecule has 2 heteroatoms. The monoisotopic (exact) mass is 265 g/mol. The SMILES string of the molecule is C=CCCN(Cc1ccccc1)C(=O)c1ccccc1. The molecule has 20 heavy (non-hydrogen) atoms. The van der Waals surface area contributed by atoms with E-state index < -0.39 is 0 Å². The molecule has 0 aliphatic rings. The van der Waals surface area contributed by atoms with E-state index in [-0.39, 0.29) is 5.91 Å². The Bertz CT molecular complexity index is 548. The van der Waals surface area contributed by atoms with Crippen LogP contribution in [0.1, 0.15) is 22.3 Å². The van der Waals surface area contributed by atoms with Crippen molar-refractivity contribution >= 4 is 5.91 Å². The summed E-state index contributed by atoms with van der Waals surface area (Å²) in [6.45, 7) is 5.05. The first-order chi connectivity index (χ1) is 9.81. The first-order valence-corrected chi connectivity index (χ1v) is 6.80. The molecule has 102 valence electrons. The van der Waals surface area contributed by atoms with E-state index in [4.69, 9.17) is 0 Å². The first-order valence-electron chi connectivity index (χ1n) is 6.80. The molecule has 2 aromatic rings. The number of benzene rings is 2. The summed E-state index contributed by atoms with van der Waals surface area (Å²) < 4.78 is 0. The van der Waals surface area contributed by atoms with Crippen LogP contribution in [0.15, 0.2) is 73.3 Å². The molecule has 0 saturated carbocycles. The summed E-state index contributed by atoms with van der Waals surface area (Å²) in [6.07, 6.45) is 2.64. The average molecular weight is 265 g/mol. The van der Waals surface area contributed by atoms with Crippen molar-refractivity contribution in [2.45, 2.75) is 13.0 Å². The van der Waals surface area contributed by atoms with Crippen molar-refractivity contribution in [3.8, 4) is 0 Å². The number of rotatable bonds is 6. The number of carbonyl (C=O) groups excluding carboxylic acids is 1. The molecule has 1 amide bonds. The number of nitrogens with zero attached hydrogens (tertiary/aromatic N) is 1. The summed E-state index contributed by atoms with van der Waals surface area (Å²) in [6, 6.07) is 19.5. The third-order valence-electron chi connectivity index (χ3n) is 3.13. The second-order valence-corrected chi connectivity index (χ2v) is 4.66. The fraction of sp³-hybridized carbons (Fsp3) is 0.167. The van der Waals surface area contributed by atoms with Gasteiger partial charge in [0.1, 0.15) is 0 Å². The van der Waals surface area contributed by atoms with E-state index in [1.165, 1.54) is 0 Å². The zero-order valence-corrected chi connectivity index (χ0v) is 11.5. The van der Waals surface area contributed by atoms with Crippen LogP contribution < -0.4 is 0 Å². The first kappa shape index (κ1) is 14.1. The summed E-state index contributed by atoms with van der Waals surface area (Å²) in [5.74, 6) is 0.0660. The van der Waals surface area contributed by atoms with E-state index in [0.717, 1.165) is 17.5 Å². The number of hydrogen-bond donors (Lipinski definition) is 0. The third-order valence-corrected chi connectivity index (χ3v) is 3.13. The van der Waals surface area contributed by atoms with Crippen molar-refractivity contribution in [3.63, 3.8) is 0 Å². The highest BCUT2D eigenvalue weighted by molar-refractivity contribution is 5.94. The van der Waals surface area contributed by atoms with E-state index in [0.29, 0.717) is 13.1 Å². The number of amides is 1. The molecule has 0 saturated heterocycles. The molecular weight excluding hydrogens is 246 g/mol. The maximum Gasteiger partial charge on any atom is 0.254 e. The Labute approximate surface area is 120 Å². The minimum Gasteiger partial charge on any atom is -0.334 e. The van der Waals surface area contributed by atoms with E-state index in [9.17, 15) is 4.79 Å². The van der Waals surface area contributed by atoms with Crippen molar-refractivity contribution in [1.82, 2.24) is 4.90 Å². The predicted molar refractivity (Wildman–Crippen MR) is 82.4 cm³/mol. The molecule has 0 bridgehead atoms. The lowest BCUT2D eigenvalue weighted by atomic mass is 10.1. The summed E-state index contributed by atoms with van der Waals surface area (Å²) >= 11 is 0. The van der Waals surface area contributed by atoms with E-state index in [2.05, 4.69) is 6.58 Å². The highest BCUT2D eigenvalue weighted by atomic mass is 16.2. The Balaban J connectivity index is 2.14. The van der Waals surface area contributed by atoms with Crippen LogP contribution in [0.5, 0.6) is 0 Å². The standard InChI is InChI=1S/C18H19NO/c1-2-3-14-19(15-16-10-6-4-7-11-16)18(20)17-12-8-5-9-13-17/h2,4-13H,1,3,14-15H2. The lowest BCUT2D eigenvalue weighted by Gasteiger charge is -2.22. The van der Waals surface area contributed by atoms with Crippen molar-refractivity contribution in [3.05, 3.63) is 84.4 Å². The molecular formula is C18H19NO. The van der Waals surface area contributed by atoms with Gasteiger partial charge in [0.2, 0.25) is 0 Å². The summed E-state index contributed by atoms with van der Waals surface area (Å²) in [7, 11) is 0. The molecule has 0 spiro atoms. The van der Waals surface area contributed by atoms with Gasteiger partial charge in [-0.15, -0.1) is 6.58 Å². The maximum absolute atomic E-state index is 12.5. The van der Waals surface area contributed by atoms with Crippen LogP contribution in [-0.4, -0.2) is 17.4 Å². The van der Waals surface area contributed by atoms with Gasteiger partial charge in [-0.3, -0.25) is 4.79 Å². The molecule has 0 unspecified atom stereocenters. The van der Waals surface area contributed by atoms with E-state index >= 15 is 0 Å². The van der Waals surface area contributed by atoms with E-state index in [1.54, 1.807) is 0 Å². The maximum atomic E-state index is 12.5. The zero-order valence-electron chi connectivity index (χ0n) is 11.5. The third kappa shape index (κ3) is 3.82. The van der Waals surface area contributed by atoms with Crippen LogP contribution in [0, 0.1) is 0 Å². The van der Waals surface area contributed by atoms with Crippen molar-refractivity contribution in [2.75, 3.05) is 6.54 Å². The molecule has 0 aliphatic heterocycles. The van der Waals surface area contributed by atoms with Crippen LogP contribution in [0.2, 0.25) is 0 Å². The van der Waals surface area contributed by atoms with Crippen LogP contribution in [0.25, 0.3) is 0 Å². The molecule has 2 nitrogen and oxygen atoms in total. The molecule has 2 rings (SSSR count). The smallest absolute Gasteiger partial charge is 0.254 e. The highest BCUT2D eigenvalue weighted by Gasteiger charge is 2.14. The second kappa shape index (κ2) is 7.29. The molecule has 0 heterocycles. The normalized spacial score (nSPS) is 10.0. The van der Waals surface area contributed by atoms with Gasteiger partial charge in [0.15, 0.2) is 0 Å². The van der Waals surface area contributed by atoms with Gasteiger partial charge < -0.3 is 4.90 Å². The van der Waals surface area contributed by atoms with Crippen molar-refractivity contribution in [2.24, 2.45) is 0 Å². The van der Waals surface area contributed by atoms with Crippen LogP contribution in [-0.2, 0) is 6.54 Å². The lowest BCUT2D eigenvalue weighted by Crippen LogP contribution is -2.31. The van der Waals surface area contributed by atoms with Gasteiger partial charge >= 0.3 is 0 Å². The van der Waals surface area contributed by atoms with Crippen LogP contribution in [0.4, 0.5) is 0 Å². The molecule has 0 aromatic heterocycles. The summed E-state index contributed by atoms with van der Waals surface area (Å²) in [4.78, 5) is 14.4. The predicted octanol–water partition coefficient (Wildman–Crippen LogP) is 3.91. The van der Waals surface area contributed by atoms with Gasteiger partial charge in [-0.05, 0) is 24.1 Å². The fourth-order valence-corrected chi connectivity index (χ4v) is 2.07. The Kier molecular flexibility index (Phi) is 5.13. The minimum atomic E-state index is 0.0660. The van der Waals surface area contributed by atoms with Gasteiger partial charge in [-0.25, -0.2) is 0 Å². The Morgan fingerprint density at radius 3 is 2.20 bits per heavy atom.